The fraction of sp³-hybridized carbons (Fsp3) is 0.316. The van der Waals surface area contributed by atoms with Gasteiger partial charge in [0.1, 0.15) is 0 Å². The standard InChI is InChI=1S/C19H17F3N2O2S/c1-13(15-3-2-4-16(11-15)19(20,21)22)24(17-7-8-17)27(25,26)18-9-5-14(12-23)6-10-18/h2-6,9-11,13,17H,7-8H2,1H3/t13-/m1/s1. The average Bonchev–Trinajstić information content (AvgIpc) is 3.46. The number of nitrogens with zero attached hydrogens (tertiary/aromatic N) is 2. The van der Waals surface area contributed by atoms with E-state index < -0.39 is 27.8 Å². The van der Waals surface area contributed by atoms with Crippen LogP contribution in [0.4, 0.5) is 13.2 Å². The summed E-state index contributed by atoms with van der Waals surface area (Å²) in [6, 6.07) is 11.2. The van der Waals surface area contributed by atoms with Gasteiger partial charge in [0.25, 0.3) is 0 Å². The SMILES string of the molecule is C[C@H](c1cccc(C(F)(F)F)c1)N(C1CC1)S(=O)(=O)c1ccc(C#N)cc1. The van der Waals surface area contributed by atoms with E-state index in [9.17, 15) is 21.6 Å². The van der Waals surface area contributed by atoms with Crippen LogP contribution in [0.15, 0.2) is 53.4 Å². The second-order valence-corrected chi connectivity index (χ2v) is 8.34. The van der Waals surface area contributed by atoms with E-state index >= 15 is 0 Å². The fourth-order valence-corrected chi connectivity index (χ4v) is 4.86. The van der Waals surface area contributed by atoms with E-state index in [0.717, 1.165) is 12.1 Å². The molecule has 1 atom stereocenters. The first kappa shape index (κ1) is 19.4. The van der Waals surface area contributed by atoms with E-state index in [1.165, 1.54) is 40.7 Å². The van der Waals surface area contributed by atoms with Crippen molar-refractivity contribution in [2.45, 2.75) is 42.9 Å². The van der Waals surface area contributed by atoms with E-state index in [1.807, 2.05) is 6.07 Å². The third kappa shape index (κ3) is 3.99. The molecule has 1 aliphatic rings. The lowest BCUT2D eigenvalue weighted by Gasteiger charge is -2.29. The number of hydrogen-bond donors (Lipinski definition) is 0. The van der Waals surface area contributed by atoms with Crippen molar-refractivity contribution in [2.24, 2.45) is 0 Å². The van der Waals surface area contributed by atoms with Gasteiger partial charge in [-0.3, -0.25) is 0 Å². The first-order valence-electron chi connectivity index (χ1n) is 8.35. The summed E-state index contributed by atoms with van der Waals surface area (Å²) < 4.78 is 66.6. The van der Waals surface area contributed by atoms with Crippen LogP contribution in [0.2, 0.25) is 0 Å². The molecule has 0 amide bonds. The van der Waals surface area contributed by atoms with Gasteiger partial charge in [0.2, 0.25) is 10.0 Å². The highest BCUT2D eigenvalue weighted by atomic mass is 32.2. The number of alkyl halides is 3. The van der Waals surface area contributed by atoms with E-state index in [-0.39, 0.29) is 16.5 Å². The smallest absolute Gasteiger partial charge is 0.207 e. The van der Waals surface area contributed by atoms with Crippen LogP contribution in [-0.2, 0) is 16.2 Å². The molecule has 4 nitrogen and oxygen atoms in total. The van der Waals surface area contributed by atoms with Crippen molar-refractivity contribution in [3.63, 3.8) is 0 Å². The molecule has 1 aliphatic carbocycles. The van der Waals surface area contributed by atoms with Crippen molar-refractivity contribution < 1.29 is 21.6 Å². The van der Waals surface area contributed by atoms with Crippen molar-refractivity contribution in [2.75, 3.05) is 0 Å². The van der Waals surface area contributed by atoms with Gasteiger partial charge in [-0.05, 0) is 61.7 Å². The van der Waals surface area contributed by atoms with Gasteiger partial charge >= 0.3 is 6.18 Å². The topological polar surface area (TPSA) is 61.2 Å². The molecule has 1 fully saturated rings. The van der Waals surface area contributed by atoms with Crippen LogP contribution >= 0.6 is 0 Å². The highest BCUT2D eigenvalue weighted by Gasteiger charge is 2.42. The fourth-order valence-electron chi connectivity index (χ4n) is 2.99. The quantitative estimate of drug-likeness (QED) is 0.751. The average molecular weight is 394 g/mol. The van der Waals surface area contributed by atoms with Crippen LogP contribution in [0.3, 0.4) is 0 Å². The molecule has 0 unspecified atom stereocenters. The zero-order valence-corrected chi connectivity index (χ0v) is 15.3. The Balaban J connectivity index is 1.99. The van der Waals surface area contributed by atoms with Crippen molar-refractivity contribution in [1.82, 2.24) is 4.31 Å². The van der Waals surface area contributed by atoms with Crippen LogP contribution in [0.1, 0.15) is 42.5 Å². The third-order valence-electron chi connectivity index (χ3n) is 4.54. The number of nitriles is 1. The molecule has 8 heteroatoms. The van der Waals surface area contributed by atoms with Gasteiger partial charge in [0, 0.05) is 12.1 Å². The summed E-state index contributed by atoms with van der Waals surface area (Å²) >= 11 is 0. The molecule has 0 aliphatic heterocycles. The second kappa shape index (κ2) is 6.98. The lowest BCUT2D eigenvalue weighted by molar-refractivity contribution is -0.137. The molecule has 2 aromatic rings. The summed E-state index contributed by atoms with van der Waals surface area (Å²) in [5.74, 6) is 0. The summed E-state index contributed by atoms with van der Waals surface area (Å²) in [7, 11) is -3.92. The molecule has 142 valence electrons. The summed E-state index contributed by atoms with van der Waals surface area (Å²) in [6.45, 7) is 1.59. The first-order chi connectivity index (χ1) is 12.6. The summed E-state index contributed by atoms with van der Waals surface area (Å²) in [4.78, 5) is 0.0206. The van der Waals surface area contributed by atoms with Gasteiger partial charge in [-0.15, -0.1) is 0 Å². The van der Waals surface area contributed by atoms with Crippen molar-refractivity contribution in [3.8, 4) is 6.07 Å². The Morgan fingerprint density at radius 2 is 1.78 bits per heavy atom. The monoisotopic (exact) mass is 394 g/mol. The minimum absolute atomic E-state index is 0.0206. The molecular weight excluding hydrogens is 377 g/mol. The molecular formula is C19H17F3N2O2S. The van der Waals surface area contributed by atoms with Crippen LogP contribution in [0.5, 0.6) is 0 Å². The Kier molecular flexibility index (Phi) is 5.02. The van der Waals surface area contributed by atoms with E-state index in [0.29, 0.717) is 18.4 Å². The van der Waals surface area contributed by atoms with Gasteiger partial charge in [-0.2, -0.15) is 22.7 Å². The van der Waals surface area contributed by atoms with Crippen LogP contribution in [-0.4, -0.2) is 18.8 Å². The predicted molar refractivity (Wildman–Crippen MR) is 93.1 cm³/mol. The Hall–Kier alpha value is -2.37. The largest absolute Gasteiger partial charge is 0.416 e. The lowest BCUT2D eigenvalue weighted by Crippen LogP contribution is -2.35. The Morgan fingerprint density at radius 1 is 1.15 bits per heavy atom. The number of hydrogen-bond acceptors (Lipinski definition) is 3. The maximum Gasteiger partial charge on any atom is 0.416 e. The zero-order chi connectivity index (χ0) is 19.8. The summed E-state index contributed by atoms with van der Waals surface area (Å²) in [6.07, 6.45) is -3.16. The molecule has 0 spiro atoms. The number of benzene rings is 2. The van der Waals surface area contributed by atoms with E-state index in [1.54, 1.807) is 6.92 Å². The number of halogens is 3. The van der Waals surface area contributed by atoms with Crippen molar-refractivity contribution in [1.29, 1.82) is 5.26 Å². The third-order valence-corrected chi connectivity index (χ3v) is 6.58. The van der Waals surface area contributed by atoms with Crippen LogP contribution < -0.4 is 0 Å². The number of rotatable bonds is 5. The van der Waals surface area contributed by atoms with Gasteiger partial charge in [0.05, 0.1) is 22.1 Å². The zero-order valence-electron chi connectivity index (χ0n) is 14.4. The second-order valence-electron chi connectivity index (χ2n) is 6.50. The first-order valence-corrected chi connectivity index (χ1v) is 9.79. The minimum atomic E-state index is -4.49. The van der Waals surface area contributed by atoms with E-state index in [4.69, 9.17) is 5.26 Å². The highest BCUT2D eigenvalue weighted by Crippen LogP contribution is 2.40. The van der Waals surface area contributed by atoms with Gasteiger partial charge in [-0.25, -0.2) is 8.42 Å². The molecule has 27 heavy (non-hydrogen) atoms. The van der Waals surface area contributed by atoms with Crippen molar-refractivity contribution >= 4 is 10.0 Å². The molecule has 2 aromatic carbocycles. The number of sulfonamides is 1. The molecule has 0 N–H and O–H groups in total. The Morgan fingerprint density at radius 3 is 2.30 bits per heavy atom. The predicted octanol–water partition coefficient (Wildman–Crippen LogP) is 4.49. The maximum atomic E-state index is 13.1. The van der Waals surface area contributed by atoms with Gasteiger partial charge in [0.15, 0.2) is 0 Å². The molecule has 1 saturated carbocycles. The molecule has 0 bridgehead atoms. The molecule has 0 aromatic heterocycles. The van der Waals surface area contributed by atoms with Crippen LogP contribution in [0, 0.1) is 11.3 Å². The lowest BCUT2D eigenvalue weighted by atomic mass is 10.0. The van der Waals surface area contributed by atoms with Crippen LogP contribution in [0.25, 0.3) is 0 Å². The molecule has 3 rings (SSSR count). The summed E-state index contributed by atoms with van der Waals surface area (Å²) in [5, 5.41) is 8.87. The molecule has 0 heterocycles. The normalized spacial score (nSPS) is 16.1. The summed E-state index contributed by atoms with van der Waals surface area (Å²) in [5.41, 5.74) is -0.190. The van der Waals surface area contributed by atoms with E-state index in [2.05, 4.69) is 0 Å². The van der Waals surface area contributed by atoms with Crippen molar-refractivity contribution in [3.05, 3.63) is 65.2 Å². The molecule has 0 saturated heterocycles. The molecule has 0 radical (unpaired) electrons. The minimum Gasteiger partial charge on any atom is -0.207 e. The maximum absolute atomic E-state index is 13.1. The van der Waals surface area contributed by atoms with Gasteiger partial charge < -0.3 is 0 Å². The highest BCUT2D eigenvalue weighted by molar-refractivity contribution is 7.89. The Bertz CT molecular complexity index is 975. The van der Waals surface area contributed by atoms with Gasteiger partial charge in [-0.1, -0.05) is 12.1 Å². The Labute approximate surface area is 155 Å².